The molecule has 0 aliphatic carbocycles. The summed E-state index contributed by atoms with van der Waals surface area (Å²) in [6, 6.07) is 0. The number of amides is 1. The molecule has 1 atom stereocenters. The maximum atomic E-state index is 12.8. The number of allylic oxidation sites excluding steroid dienone is 2. The van der Waals surface area contributed by atoms with Gasteiger partial charge in [0.1, 0.15) is 11.6 Å². The molecule has 0 saturated heterocycles. The van der Waals surface area contributed by atoms with Gasteiger partial charge in [-0.1, -0.05) is 5.57 Å². The standard InChI is InChI=1S/C13H14F3N3O/c1-7-5-8(2)19-12(20)11(7)9-6-10(13(14,15)16)18-4-3-17-9/h5-6,11,17H,3-4H2,1-2H3. The molecular formula is C13H14F3N3O. The fraction of sp³-hybridized carbons (Fsp3) is 0.462. The highest BCUT2D eigenvalue weighted by Crippen LogP contribution is 2.27. The van der Waals surface area contributed by atoms with Crippen LogP contribution in [0, 0.1) is 5.92 Å². The number of aliphatic imine (C=N–C) groups is 2. The Morgan fingerprint density at radius 1 is 1.30 bits per heavy atom. The molecule has 2 aliphatic rings. The van der Waals surface area contributed by atoms with Gasteiger partial charge in [-0.15, -0.1) is 0 Å². The van der Waals surface area contributed by atoms with Crippen molar-refractivity contribution in [2.75, 3.05) is 13.1 Å². The van der Waals surface area contributed by atoms with Crippen molar-refractivity contribution in [3.05, 3.63) is 23.4 Å². The summed E-state index contributed by atoms with van der Waals surface area (Å²) in [5, 5.41) is 2.84. The molecule has 0 bridgehead atoms. The molecular weight excluding hydrogens is 271 g/mol. The van der Waals surface area contributed by atoms with Gasteiger partial charge in [0, 0.05) is 18.0 Å². The van der Waals surface area contributed by atoms with E-state index in [2.05, 4.69) is 15.3 Å². The van der Waals surface area contributed by atoms with Gasteiger partial charge in [0.15, 0.2) is 0 Å². The average Bonchev–Trinajstić information content (AvgIpc) is 2.52. The number of rotatable bonds is 1. The number of nitrogens with one attached hydrogen (secondary N) is 1. The zero-order valence-corrected chi connectivity index (χ0v) is 11.1. The Balaban J connectivity index is 2.37. The molecule has 0 aromatic rings. The second kappa shape index (κ2) is 5.22. The van der Waals surface area contributed by atoms with E-state index in [9.17, 15) is 18.0 Å². The molecule has 0 fully saturated rings. The van der Waals surface area contributed by atoms with Crippen molar-refractivity contribution >= 4 is 17.3 Å². The molecule has 0 aromatic carbocycles. The first-order chi connectivity index (χ1) is 9.29. The highest BCUT2D eigenvalue weighted by atomic mass is 19.4. The number of hydrogen-bond acceptors (Lipinski definition) is 3. The molecule has 2 heterocycles. The molecule has 1 amide bonds. The predicted octanol–water partition coefficient (Wildman–Crippen LogP) is 2.04. The number of halogens is 3. The van der Waals surface area contributed by atoms with Crippen molar-refractivity contribution in [1.29, 1.82) is 0 Å². The number of hydrogen-bond donors (Lipinski definition) is 1. The maximum absolute atomic E-state index is 12.8. The Bertz CT molecular complexity index is 556. The van der Waals surface area contributed by atoms with Crippen LogP contribution in [-0.2, 0) is 4.79 Å². The molecule has 1 unspecified atom stereocenters. The smallest absolute Gasteiger partial charge is 0.386 e. The Kier molecular flexibility index (Phi) is 3.78. The lowest BCUT2D eigenvalue weighted by Crippen LogP contribution is -2.30. The van der Waals surface area contributed by atoms with Gasteiger partial charge in [-0.2, -0.15) is 13.2 Å². The van der Waals surface area contributed by atoms with Gasteiger partial charge >= 0.3 is 6.18 Å². The first-order valence-corrected chi connectivity index (χ1v) is 6.13. The Morgan fingerprint density at radius 3 is 2.60 bits per heavy atom. The molecule has 2 aliphatic heterocycles. The first-order valence-electron chi connectivity index (χ1n) is 6.13. The fourth-order valence-corrected chi connectivity index (χ4v) is 2.23. The van der Waals surface area contributed by atoms with Crippen molar-refractivity contribution in [2.45, 2.75) is 20.0 Å². The van der Waals surface area contributed by atoms with Gasteiger partial charge < -0.3 is 5.32 Å². The highest BCUT2D eigenvalue weighted by molar-refractivity contribution is 6.07. The van der Waals surface area contributed by atoms with E-state index in [0.717, 1.165) is 6.08 Å². The second-order valence-corrected chi connectivity index (χ2v) is 4.70. The summed E-state index contributed by atoms with van der Waals surface area (Å²) < 4.78 is 38.4. The maximum Gasteiger partial charge on any atom is 0.432 e. The molecule has 4 nitrogen and oxygen atoms in total. The number of alkyl halides is 3. The van der Waals surface area contributed by atoms with E-state index in [1.807, 2.05) is 0 Å². The van der Waals surface area contributed by atoms with E-state index in [1.54, 1.807) is 19.9 Å². The van der Waals surface area contributed by atoms with Gasteiger partial charge in [0.2, 0.25) is 0 Å². The zero-order chi connectivity index (χ0) is 14.9. The third kappa shape index (κ3) is 2.97. The molecule has 108 valence electrons. The molecule has 7 heteroatoms. The minimum Gasteiger partial charge on any atom is -0.386 e. The molecule has 0 spiro atoms. The van der Waals surface area contributed by atoms with E-state index in [0.29, 0.717) is 11.3 Å². The Hall–Kier alpha value is -1.92. The van der Waals surface area contributed by atoms with Gasteiger partial charge in [-0.3, -0.25) is 9.79 Å². The summed E-state index contributed by atoms with van der Waals surface area (Å²) in [6.07, 6.45) is -1.92. The average molecular weight is 285 g/mol. The summed E-state index contributed by atoms with van der Waals surface area (Å²) in [6.45, 7) is 3.65. The normalized spacial score (nSPS) is 24.1. The van der Waals surface area contributed by atoms with Gasteiger partial charge in [-0.05, 0) is 26.0 Å². The number of carbonyl (C=O) groups excluding carboxylic acids is 1. The van der Waals surface area contributed by atoms with Crippen LogP contribution >= 0.6 is 0 Å². The van der Waals surface area contributed by atoms with E-state index >= 15 is 0 Å². The first kappa shape index (κ1) is 14.5. The van der Waals surface area contributed by atoms with Gasteiger partial charge in [0.25, 0.3) is 5.91 Å². The van der Waals surface area contributed by atoms with Crippen LogP contribution in [-0.4, -0.2) is 36.6 Å². The second-order valence-electron chi connectivity index (χ2n) is 4.70. The van der Waals surface area contributed by atoms with Crippen LogP contribution in [0.1, 0.15) is 13.8 Å². The van der Waals surface area contributed by atoms with E-state index in [4.69, 9.17) is 0 Å². The lowest BCUT2D eigenvalue weighted by Gasteiger charge is -2.22. The largest absolute Gasteiger partial charge is 0.432 e. The Morgan fingerprint density at radius 2 is 2.00 bits per heavy atom. The summed E-state index contributed by atoms with van der Waals surface area (Å²) in [4.78, 5) is 19.3. The van der Waals surface area contributed by atoms with Crippen LogP contribution in [0.15, 0.2) is 33.4 Å². The van der Waals surface area contributed by atoms with Gasteiger partial charge in [0.05, 0.1) is 6.54 Å². The van der Waals surface area contributed by atoms with Crippen LogP contribution in [0.4, 0.5) is 13.2 Å². The fourth-order valence-electron chi connectivity index (χ4n) is 2.23. The summed E-state index contributed by atoms with van der Waals surface area (Å²) in [7, 11) is 0. The Labute approximate surface area is 114 Å². The minimum atomic E-state index is -4.52. The zero-order valence-electron chi connectivity index (χ0n) is 11.1. The summed E-state index contributed by atoms with van der Waals surface area (Å²) in [5.74, 6) is -1.24. The third-order valence-electron chi connectivity index (χ3n) is 3.04. The van der Waals surface area contributed by atoms with Crippen LogP contribution in [0.5, 0.6) is 0 Å². The third-order valence-corrected chi connectivity index (χ3v) is 3.04. The molecule has 0 aromatic heterocycles. The van der Waals surface area contributed by atoms with E-state index in [-0.39, 0.29) is 18.8 Å². The van der Waals surface area contributed by atoms with E-state index < -0.39 is 23.7 Å². The number of carbonyl (C=O) groups is 1. The van der Waals surface area contributed by atoms with Crippen molar-refractivity contribution in [3.8, 4) is 0 Å². The van der Waals surface area contributed by atoms with Crippen molar-refractivity contribution in [2.24, 2.45) is 15.9 Å². The predicted molar refractivity (Wildman–Crippen MR) is 69.8 cm³/mol. The van der Waals surface area contributed by atoms with Crippen LogP contribution in [0.2, 0.25) is 0 Å². The monoisotopic (exact) mass is 285 g/mol. The SMILES string of the molecule is CC1=CC(C)=NC(=O)C1C1=CC(C(F)(F)F)=NCCN1. The summed E-state index contributed by atoms with van der Waals surface area (Å²) >= 11 is 0. The molecule has 1 N–H and O–H groups in total. The summed E-state index contributed by atoms with van der Waals surface area (Å²) in [5.41, 5.74) is 0.463. The van der Waals surface area contributed by atoms with Gasteiger partial charge in [-0.25, -0.2) is 4.99 Å². The van der Waals surface area contributed by atoms with Crippen molar-refractivity contribution in [1.82, 2.24) is 5.32 Å². The number of nitrogens with zero attached hydrogens (tertiary/aromatic N) is 2. The van der Waals surface area contributed by atoms with Crippen molar-refractivity contribution < 1.29 is 18.0 Å². The number of dihydropyridines is 1. The lowest BCUT2D eigenvalue weighted by molar-refractivity contribution is -0.119. The van der Waals surface area contributed by atoms with Crippen LogP contribution in [0.3, 0.4) is 0 Å². The molecule has 0 saturated carbocycles. The van der Waals surface area contributed by atoms with Crippen LogP contribution < -0.4 is 5.32 Å². The van der Waals surface area contributed by atoms with E-state index in [1.165, 1.54) is 0 Å². The molecule has 2 rings (SSSR count). The molecule has 20 heavy (non-hydrogen) atoms. The van der Waals surface area contributed by atoms with Crippen molar-refractivity contribution in [3.63, 3.8) is 0 Å². The topological polar surface area (TPSA) is 53.8 Å². The highest BCUT2D eigenvalue weighted by Gasteiger charge is 2.37. The molecule has 0 radical (unpaired) electrons. The quantitative estimate of drug-likeness (QED) is 0.801. The lowest BCUT2D eigenvalue weighted by atomic mass is 9.91. The van der Waals surface area contributed by atoms with Crippen LogP contribution in [0.25, 0.3) is 0 Å². The minimum absolute atomic E-state index is 0.0147.